The third-order valence-corrected chi connectivity index (χ3v) is 5.42. The van der Waals surface area contributed by atoms with Crippen LogP contribution in [0.4, 0.5) is 5.95 Å². The molecule has 1 aliphatic rings. The molecule has 4 rings (SSSR count). The molecule has 2 amide bonds. The Morgan fingerprint density at radius 3 is 2.72 bits per heavy atom. The zero-order valence-corrected chi connectivity index (χ0v) is 18.6. The van der Waals surface area contributed by atoms with E-state index in [4.69, 9.17) is 15.2 Å². The summed E-state index contributed by atoms with van der Waals surface area (Å²) in [6.07, 6.45) is 1.77. The number of fused-ring (bicyclic) bond motifs is 1. The van der Waals surface area contributed by atoms with E-state index in [0.717, 1.165) is 25.1 Å². The Morgan fingerprint density at radius 2 is 2.09 bits per heavy atom. The van der Waals surface area contributed by atoms with Gasteiger partial charge in [0.2, 0.25) is 11.9 Å². The fourth-order valence-electron chi connectivity index (χ4n) is 3.75. The molecule has 1 aliphatic heterocycles. The van der Waals surface area contributed by atoms with E-state index < -0.39 is 5.91 Å². The van der Waals surface area contributed by atoms with Crippen LogP contribution < -0.4 is 15.8 Å². The lowest BCUT2D eigenvalue weighted by Gasteiger charge is -2.26. The van der Waals surface area contributed by atoms with Crippen molar-refractivity contribution < 1.29 is 19.1 Å². The van der Waals surface area contributed by atoms with Crippen LogP contribution >= 0.6 is 0 Å². The van der Waals surface area contributed by atoms with Gasteiger partial charge in [-0.25, -0.2) is 4.98 Å². The van der Waals surface area contributed by atoms with Crippen molar-refractivity contribution in [3.8, 4) is 5.75 Å². The van der Waals surface area contributed by atoms with Gasteiger partial charge < -0.3 is 19.8 Å². The van der Waals surface area contributed by atoms with Crippen LogP contribution in [0.25, 0.3) is 11.0 Å². The largest absolute Gasteiger partial charge is 0.489 e. The summed E-state index contributed by atoms with van der Waals surface area (Å²) >= 11 is 0. The van der Waals surface area contributed by atoms with E-state index in [-0.39, 0.29) is 12.0 Å². The molecule has 0 aliphatic carbocycles. The molecular formula is C22H28N6O4. The third kappa shape index (κ3) is 4.18. The first-order chi connectivity index (χ1) is 15.4. The molecule has 3 heterocycles. The Morgan fingerprint density at radius 1 is 1.31 bits per heavy atom. The van der Waals surface area contributed by atoms with Crippen LogP contribution in [0.15, 0.2) is 18.2 Å². The second-order valence-electron chi connectivity index (χ2n) is 7.83. The molecule has 10 nitrogen and oxygen atoms in total. The number of hydrogen-bond acceptors (Lipinski definition) is 6. The monoisotopic (exact) mass is 440 g/mol. The highest BCUT2D eigenvalue weighted by molar-refractivity contribution is 6.04. The maximum Gasteiger partial charge on any atom is 0.276 e. The van der Waals surface area contributed by atoms with Crippen LogP contribution in [0.2, 0.25) is 0 Å². The van der Waals surface area contributed by atoms with Crippen molar-refractivity contribution in [1.82, 2.24) is 19.3 Å². The van der Waals surface area contributed by atoms with E-state index in [0.29, 0.717) is 53.7 Å². The minimum Gasteiger partial charge on any atom is -0.489 e. The number of hydrogen-bond donors (Lipinski definition) is 2. The maximum atomic E-state index is 13.0. The van der Waals surface area contributed by atoms with Crippen molar-refractivity contribution in [2.75, 3.05) is 18.5 Å². The summed E-state index contributed by atoms with van der Waals surface area (Å²) in [6, 6.07) is 4.98. The second kappa shape index (κ2) is 8.99. The smallest absolute Gasteiger partial charge is 0.276 e. The first kappa shape index (κ1) is 21.8. The van der Waals surface area contributed by atoms with Crippen LogP contribution in [0.5, 0.6) is 5.75 Å². The Hall–Kier alpha value is -3.40. The molecule has 3 aromatic rings. The lowest BCUT2D eigenvalue weighted by Crippen LogP contribution is -2.32. The fraction of sp³-hybridized carbons (Fsp3) is 0.455. The zero-order valence-electron chi connectivity index (χ0n) is 18.6. The Bertz CT molecular complexity index is 1160. The molecule has 10 heteroatoms. The summed E-state index contributed by atoms with van der Waals surface area (Å²) in [4.78, 5) is 29.5. The number of carbonyl (C=O) groups excluding carboxylic acids is 2. The maximum absolute atomic E-state index is 13.0. The first-order valence-electron chi connectivity index (χ1n) is 10.9. The van der Waals surface area contributed by atoms with Crippen LogP contribution in [0.1, 0.15) is 53.2 Å². The number of imidazole rings is 1. The number of nitrogens with two attached hydrogens (primary N) is 1. The molecule has 1 atom stereocenters. The third-order valence-electron chi connectivity index (χ3n) is 5.42. The highest BCUT2D eigenvalue weighted by Crippen LogP contribution is 2.32. The van der Waals surface area contributed by atoms with Crippen molar-refractivity contribution >= 4 is 28.8 Å². The number of primary amides is 1. The number of ether oxygens (including phenoxy) is 2. The van der Waals surface area contributed by atoms with Gasteiger partial charge in [0.05, 0.1) is 17.3 Å². The number of benzene rings is 1. The number of nitrogens with one attached hydrogen (secondary N) is 1. The van der Waals surface area contributed by atoms with Gasteiger partial charge >= 0.3 is 0 Å². The van der Waals surface area contributed by atoms with E-state index in [9.17, 15) is 9.59 Å². The molecule has 0 saturated carbocycles. The lowest BCUT2D eigenvalue weighted by molar-refractivity contribution is -0.0719. The highest BCUT2D eigenvalue weighted by atomic mass is 16.5. The van der Waals surface area contributed by atoms with E-state index >= 15 is 0 Å². The summed E-state index contributed by atoms with van der Waals surface area (Å²) in [5.41, 5.74) is 8.26. The molecule has 32 heavy (non-hydrogen) atoms. The van der Waals surface area contributed by atoms with E-state index in [1.54, 1.807) is 22.9 Å². The number of aromatic nitrogens is 4. The molecule has 2 aromatic heterocycles. The van der Waals surface area contributed by atoms with E-state index in [1.165, 1.54) is 0 Å². The van der Waals surface area contributed by atoms with Gasteiger partial charge in [-0.3, -0.25) is 19.6 Å². The SMILES string of the molecule is CCCn1c(NC(=O)c2cc(C)nn2CC)nc2cc(C(N)=O)cc(OCC3CCO3)c21. The number of amides is 2. The standard InChI is InChI=1S/C22H28N6O4/c1-4-7-27-19-16(10-14(20(23)29)11-18(19)32-12-15-6-8-31-15)24-22(27)25-21(30)17-9-13(3)26-28(17)5-2/h9-11,15H,4-8,12H2,1-3H3,(H2,23,29)(H,24,25,30). The summed E-state index contributed by atoms with van der Waals surface area (Å²) in [5.74, 6) is -0.0161. The molecule has 1 aromatic carbocycles. The predicted molar refractivity (Wildman–Crippen MR) is 119 cm³/mol. The second-order valence-corrected chi connectivity index (χ2v) is 7.83. The first-order valence-corrected chi connectivity index (χ1v) is 10.9. The molecule has 0 bridgehead atoms. The van der Waals surface area contributed by atoms with Gasteiger partial charge in [-0.2, -0.15) is 5.10 Å². The van der Waals surface area contributed by atoms with Crippen molar-refractivity contribution in [3.63, 3.8) is 0 Å². The number of anilines is 1. The predicted octanol–water partition coefficient (Wildman–Crippen LogP) is 2.49. The van der Waals surface area contributed by atoms with Gasteiger partial charge in [-0.1, -0.05) is 6.92 Å². The Labute approximate surface area is 185 Å². The molecule has 3 N–H and O–H groups in total. The molecule has 1 unspecified atom stereocenters. The molecular weight excluding hydrogens is 412 g/mol. The molecule has 0 radical (unpaired) electrons. The van der Waals surface area contributed by atoms with Gasteiger partial charge in [0.25, 0.3) is 5.91 Å². The number of rotatable bonds is 9. The number of nitrogens with zero attached hydrogens (tertiary/aromatic N) is 4. The Kier molecular flexibility index (Phi) is 6.13. The average Bonchev–Trinajstić information content (AvgIpc) is 3.27. The van der Waals surface area contributed by atoms with E-state index in [1.807, 2.05) is 25.3 Å². The van der Waals surface area contributed by atoms with Crippen LogP contribution in [-0.2, 0) is 17.8 Å². The van der Waals surface area contributed by atoms with Crippen molar-refractivity contribution in [2.24, 2.45) is 5.73 Å². The van der Waals surface area contributed by atoms with Gasteiger partial charge in [0, 0.05) is 31.7 Å². The molecule has 170 valence electrons. The Balaban J connectivity index is 1.75. The quantitative estimate of drug-likeness (QED) is 0.526. The van der Waals surface area contributed by atoms with Crippen LogP contribution in [0.3, 0.4) is 0 Å². The zero-order chi connectivity index (χ0) is 22.8. The van der Waals surface area contributed by atoms with Crippen molar-refractivity contribution in [1.29, 1.82) is 0 Å². The lowest BCUT2D eigenvalue weighted by atomic mass is 10.1. The molecule has 0 spiro atoms. The minimum atomic E-state index is -0.574. The van der Waals surface area contributed by atoms with Crippen molar-refractivity contribution in [2.45, 2.75) is 52.8 Å². The van der Waals surface area contributed by atoms with Gasteiger partial charge in [0.15, 0.2) is 0 Å². The summed E-state index contributed by atoms with van der Waals surface area (Å²) in [6.45, 7) is 8.07. The summed E-state index contributed by atoms with van der Waals surface area (Å²) < 4.78 is 15.0. The minimum absolute atomic E-state index is 0.0292. The summed E-state index contributed by atoms with van der Waals surface area (Å²) in [5, 5.41) is 7.25. The van der Waals surface area contributed by atoms with Crippen LogP contribution in [0, 0.1) is 6.92 Å². The number of aryl methyl sites for hydroxylation is 3. The molecule has 1 fully saturated rings. The topological polar surface area (TPSA) is 126 Å². The average molecular weight is 441 g/mol. The van der Waals surface area contributed by atoms with Crippen LogP contribution in [-0.4, -0.2) is 50.5 Å². The van der Waals surface area contributed by atoms with Gasteiger partial charge in [0.1, 0.15) is 23.6 Å². The molecule has 1 saturated heterocycles. The summed E-state index contributed by atoms with van der Waals surface area (Å²) in [7, 11) is 0. The fourth-order valence-corrected chi connectivity index (χ4v) is 3.75. The van der Waals surface area contributed by atoms with E-state index in [2.05, 4.69) is 15.4 Å². The van der Waals surface area contributed by atoms with Gasteiger partial charge in [-0.05, 0) is 38.5 Å². The van der Waals surface area contributed by atoms with Gasteiger partial charge in [-0.15, -0.1) is 0 Å². The normalized spacial score (nSPS) is 15.5. The van der Waals surface area contributed by atoms with Crippen molar-refractivity contribution in [3.05, 3.63) is 35.2 Å². The highest BCUT2D eigenvalue weighted by Gasteiger charge is 2.23. The number of carbonyl (C=O) groups is 2.